The fourth-order valence-electron chi connectivity index (χ4n) is 1.94. The average Bonchev–Trinajstić information content (AvgIpc) is 3.00. The number of carbonyl (C=O) groups excluding carboxylic acids is 1. The van der Waals surface area contributed by atoms with Crippen molar-refractivity contribution in [1.82, 2.24) is 4.90 Å². The summed E-state index contributed by atoms with van der Waals surface area (Å²) in [5.41, 5.74) is 1.01. The second-order valence-electron chi connectivity index (χ2n) is 4.78. The Labute approximate surface area is 144 Å². The third-order valence-corrected chi connectivity index (χ3v) is 5.19. The number of carbonyl (C=O) groups is 1. The fourth-order valence-corrected chi connectivity index (χ4v) is 3.84. The topological polar surface area (TPSA) is 29.5 Å². The summed E-state index contributed by atoms with van der Waals surface area (Å²) in [6, 6.07) is 9.57. The van der Waals surface area contributed by atoms with Crippen LogP contribution in [-0.4, -0.2) is 30.7 Å². The molecule has 2 aromatic rings. The molecular weight excluding hydrogens is 338 g/mol. The zero-order valence-electron chi connectivity index (χ0n) is 12.5. The van der Waals surface area contributed by atoms with Crippen molar-refractivity contribution in [2.75, 3.05) is 19.9 Å². The van der Waals surface area contributed by atoms with Crippen molar-refractivity contribution >= 4 is 40.6 Å². The number of ether oxygens (including phenoxy) is 1. The van der Waals surface area contributed by atoms with E-state index in [-0.39, 0.29) is 5.91 Å². The first-order valence-electron chi connectivity index (χ1n) is 6.76. The highest BCUT2D eigenvalue weighted by Crippen LogP contribution is 2.26. The Morgan fingerprint density at radius 1 is 1.41 bits per heavy atom. The lowest BCUT2D eigenvalue weighted by Gasteiger charge is -2.16. The Morgan fingerprint density at radius 2 is 2.23 bits per heavy atom. The number of hydrogen-bond donors (Lipinski definition) is 0. The number of thiophene rings is 1. The average molecular weight is 356 g/mol. The smallest absolute Gasteiger partial charge is 0.232 e. The molecule has 0 bridgehead atoms. The first-order chi connectivity index (χ1) is 10.6. The van der Waals surface area contributed by atoms with Gasteiger partial charge in [0.25, 0.3) is 0 Å². The monoisotopic (exact) mass is 355 g/mol. The summed E-state index contributed by atoms with van der Waals surface area (Å²) in [6.07, 6.45) is 0. The Hall–Kier alpha value is -1.17. The second kappa shape index (κ2) is 8.46. The number of methoxy groups -OCH3 is 1. The molecule has 0 aliphatic carbocycles. The molecule has 0 unspecified atom stereocenters. The van der Waals surface area contributed by atoms with Gasteiger partial charge >= 0.3 is 0 Å². The molecule has 22 heavy (non-hydrogen) atoms. The molecular formula is C16H18ClNO2S2. The van der Waals surface area contributed by atoms with Crippen LogP contribution in [0.3, 0.4) is 0 Å². The van der Waals surface area contributed by atoms with Crippen LogP contribution in [0, 0.1) is 0 Å². The molecule has 1 amide bonds. The van der Waals surface area contributed by atoms with E-state index in [9.17, 15) is 4.79 Å². The van der Waals surface area contributed by atoms with Crippen LogP contribution in [-0.2, 0) is 17.1 Å². The summed E-state index contributed by atoms with van der Waals surface area (Å²) in [7, 11) is 3.47. The van der Waals surface area contributed by atoms with Crippen LogP contribution >= 0.6 is 34.7 Å². The van der Waals surface area contributed by atoms with Crippen molar-refractivity contribution in [2.24, 2.45) is 0 Å². The van der Waals surface area contributed by atoms with Gasteiger partial charge in [-0.25, -0.2) is 0 Å². The molecule has 0 spiro atoms. The highest BCUT2D eigenvalue weighted by atomic mass is 35.5. The predicted molar refractivity (Wildman–Crippen MR) is 95.0 cm³/mol. The molecule has 1 heterocycles. The maximum Gasteiger partial charge on any atom is 0.232 e. The predicted octanol–water partition coefficient (Wildman–Crippen LogP) is 4.30. The van der Waals surface area contributed by atoms with Crippen LogP contribution < -0.4 is 4.74 Å². The number of nitrogens with zero attached hydrogens (tertiary/aromatic N) is 1. The molecule has 0 fully saturated rings. The summed E-state index contributed by atoms with van der Waals surface area (Å²) in [5, 5.41) is 2.70. The highest BCUT2D eigenvalue weighted by Gasteiger charge is 2.11. The maximum atomic E-state index is 12.1. The summed E-state index contributed by atoms with van der Waals surface area (Å²) < 4.78 is 5.31. The fraction of sp³-hybridized carbons (Fsp3) is 0.312. The lowest BCUT2D eigenvalue weighted by atomic mass is 10.2. The molecule has 0 aliphatic rings. The van der Waals surface area contributed by atoms with Crippen LogP contribution in [0.1, 0.15) is 10.4 Å². The Balaban J connectivity index is 1.83. The first-order valence-corrected chi connectivity index (χ1v) is 9.18. The van der Waals surface area contributed by atoms with E-state index in [1.54, 1.807) is 41.2 Å². The van der Waals surface area contributed by atoms with Gasteiger partial charge in [-0.15, -0.1) is 23.1 Å². The van der Waals surface area contributed by atoms with Gasteiger partial charge in [0.2, 0.25) is 5.91 Å². The number of rotatable bonds is 7. The maximum absolute atomic E-state index is 12.1. The van der Waals surface area contributed by atoms with Gasteiger partial charge in [-0.3, -0.25) is 4.79 Å². The minimum absolute atomic E-state index is 0.124. The van der Waals surface area contributed by atoms with Crippen molar-refractivity contribution < 1.29 is 9.53 Å². The zero-order chi connectivity index (χ0) is 15.9. The van der Waals surface area contributed by atoms with Crippen molar-refractivity contribution in [3.63, 3.8) is 0 Å². The van der Waals surface area contributed by atoms with Crippen LogP contribution in [0.25, 0.3) is 0 Å². The van der Waals surface area contributed by atoms with Gasteiger partial charge in [0.05, 0.1) is 19.4 Å². The minimum Gasteiger partial charge on any atom is -0.496 e. The standard InChI is InChI=1S/C16H18ClNO2S2/c1-18(9-14-4-3-7-22-14)16(19)11-21-10-12-8-13(17)5-6-15(12)20-2/h3-8H,9-11H2,1-2H3. The quantitative estimate of drug-likeness (QED) is 0.741. The van der Waals surface area contributed by atoms with Crippen molar-refractivity contribution in [1.29, 1.82) is 0 Å². The van der Waals surface area contributed by atoms with Crippen LogP contribution in [0.15, 0.2) is 35.7 Å². The van der Waals surface area contributed by atoms with E-state index < -0.39 is 0 Å². The molecule has 2 rings (SSSR count). The first kappa shape index (κ1) is 17.2. The summed E-state index contributed by atoms with van der Waals surface area (Å²) in [5.74, 6) is 2.07. The SMILES string of the molecule is COc1ccc(Cl)cc1CSCC(=O)N(C)Cc1cccs1. The van der Waals surface area contributed by atoms with E-state index in [1.165, 1.54) is 4.88 Å². The number of halogens is 1. The molecule has 0 atom stereocenters. The minimum atomic E-state index is 0.124. The lowest BCUT2D eigenvalue weighted by molar-refractivity contribution is -0.127. The number of amides is 1. The van der Waals surface area contributed by atoms with Gasteiger partial charge in [0, 0.05) is 28.3 Å². The van der Waals surface area contributed by atoms with E-state index in [2.05, 4.69) is 0 Å². The van der Waals surface area contributed by atoms with Gasteiger partial charge in [-0.1, -0.05) is 17.7 Å². The molecule has 1 aromatic carbocycles. The van der Waals surface area contributed by atoms with Crippen molar-refractivity contribution in [3.8, 4) is 5.75 Å². The van der Waals surface area contributed by atoms with Gasteiger partial charge in [-0.05, 0) is 29.6 Å². The van der Waals surface area contributed by atoms with Gasteiger partial charge in [0.1, 0.15) is 5.75 Å². The number of benzene rings is 1. The van der Waals surface area contributed by atoms with Crippen molar-refractivity contribution in [3.05, 3.63) is 51.2 Å². The van der Waals surface area contributed by atoms with Crippen LogP contribution in [0.5, 0.6) is 5.75 Å². The van der Waals surface area contributed by atoms with Crippen LogP contribution in [0.2, 0.25) is 5.02 Å². The number of thioether (sulfide) groups is 1. The third-order valence-electron chi connectivity index (χ3n) is 3.12. The van der Waals surface area contributed by atoms with E-state index in [1.807, 2.05) is 36.7 Å². The third kappa shape index (κ3) is 4.93. The zero-order valence-corrected chi connectivity index (χ0v) is 14.9. The van der Waals surface area contributed by atoms with Crippen LogP contribution in [0.4, 0.5) is 0 Å². The number of hydrogen-bond acceptors (Lipinski definition) is 4. The van der Waals surface area contributed by atoms with Gasteiger partial charge in [0.15, 0.2) is 0 Å². The Bertz CT molecular complexity index is 617. The summed E-state index contributed by atoms with van der Waals surface area (Å²) in [6.45, 7) is 0.664. The molecule has 3 nitrogen and oxygen atoms in total. The largest absolute Gasteiger partial charge is 0.496 e. The van der Waals surface area contributed by atoms with E-state index >= 15 is 0 Å². The molecule has 118 valence electrons. The van der Waals surface area contributed by atoms with E-state index in [0.29, 0.717) is 23.1 Å². The molecule has 0 saturated heterocycles. The molecule has 6 heteroatoms. The molecule has 0 radical (unpaired) electrons. The van der Waals surface area contributed by atoms with E-state index in [4.69, 9.17) is 16.3 Å². The van der Waals surface area contributed by atoms with Gasteiger partial charge in [-0.2, -0.15) is 0 Å². The Kier molecular flexibility index (Phi) is 6.61. The normalized spacial score (nSPS) is 10.5. The molecule has 0 N–H and O–H groups in total. The van der Waals surface area contributed by atoms with Crippen molar-refractivity contribution in [2.45, 2.75) is 12.3 Å². The van der Waals surface area contributed by atoms with E-state index in [0.717, 1.165) is 11.3 Å². The summed E-state index contributed by atoms with van der Waals surface area (Å²) >= 11 is 9.24. The molecule has 1 aromatic heterocycles. The highest BCUT2D eigenvalue weighted by molar-refractivity contribution is 7.99. The molecule has 0 aliphatic heterocycles. The second-order valence-corrected chi connectivity index (χ2v) is 7.23. The lowest BCUT2D eigenvalue weighted by Crippen LogP contribution is -2.27. The Morgan fingerprint density at radius 3 is 2.91 bits per heavy atom. The summed E-state index contributed by atoms with van der Waals surface area (Å²) in [4.78, 5) is 15.1. The molecule has 0 saturated carbocycles. The van der Waals surface area contributed by atoms with Gasteiger partial charge < -0.3 is 9.64 Å².